The maximum atomic E-state index is 9.89. The number of nitrogens with one attached hydrogen (secondary N) is 1. The summed E-state index contributed by atoms with van der Waals surface area (Å²) in [6, 6.07) is 3.70. The summed E-state index contributed by atoms with van der Waals surface area (Å²) in [5, 5.41) is 13.2. The second-order valence-corrected chi connectivity index (χ2v) is 4.14. The Balaban J connectivity index is 2.28. The molecule has 1 heterocycles. The minimum absolute atomic E-state index is 0.433. The van der Waals surface area contributed by atoms with Crippen LogP contribution in [-0.4, -0.2) is 23.2 Å². The van der Waals surface area contributed by atoms with Crippen molar-refractivity contribution >= 4 is 0 Å². The maximum absolute atomic E-state index is 9.89. The topological polar surface area (TPSA) is 45.1 Å². The SMILES string of the molecule is CCC(CC)CNCC(O)c1ccncc1. The average Bonchev–Trinajstić information content (AvgIpc) is 2.35. The van der Waals surface area contributed by atoms with E-state index < -0.39 is 6.10 Å². The third kappa shape index (κ3) is 4.29. The van der Waals surface area contributed by atoms with Gasteiger partial charge in [0.1, 0.15) is 0 Å². The van der Waals surface area contributed by atoms with Crippen molar-refractivity contribution in [3.05, 3.63) is 30.1 Å². The molecule has 90 valence electrons. The average molecular weight is 222 g/mol. The smallest absolute Gasteiger partial charge is 0.0915 e. The molecule has 0 bridgehead atoms. The Morgan fingerprint density at radius 3 is 2.38 bits per heavy atom. The molecule has 1 aromatic rings. The molecule has 3 nitrogen and oxygen atoms in total. The predicted molar refractivity (Wildman–Crippen MR) is 66.1 cm³/mol. The Kier molecular flexibility index (Phi) is 6.04. The number of aromatic nitrogens is 1. The standard InChI is InChI=1S/C13H22N2O/c1-3-11(4-2)9-15-10-13(16)12-5-7-14-8-6-12/h5-8,11,13,15-16H,3-4,9-10H2,1-2H3. The van der Waals surface area contributed by atoms with Crippen LogP contribution in [0.5, 0.6) is 0 Å². The van der Waals surface area contributed by atoms with Crippen molar-refractivity contribution in [1.82, 2.24) is 10.3 Å². The van der Waals surface area contributed by atoms with Crippen LogP contribution >= 0.6 is 0 Å². The molecule has 0 saturated heterocycles. The van der Waals surface area contributed by atoms with Gasteiger partial charge < -0.3 is 10.4 Å². The number of pyridine rings is 1. The molecule has 0 fully saturated rings. The van der Waals surface area contributed by atoms with Gasteiger partial charge in [0.2, 0.25) is 0 Å². The van der Waals surface area contributed by atoms with Crippen molar-refractivity contribution in [1.29, 1.82) is 0 Å². The fourth-order valence-electron chi connectivity index (χ4n) is 1.70. The molecule has 0 amide bonds. The predicted octanol–water partition coefficient (Wildman–Crippen LogP) is 2.14. The molecule has 0 aliphatic heterocycles. The number of nitrogens with zero attached hydrogens (tertiary/aromatic N) is 1. The third-order valence-electron chi connectivity index (χ3n) is 3.02. The second-order valence-electron chi connectivity index (χ2n) is 4.14. The Labute approximate surface area is 97.9 Å². The highest BCUT2D eigenvalue weighted by Crippen LogP contribution is 2.10. The Morgan fingerprint density at radius 1 is 1.19 bits per heavy atom. The van der Waals surface area contributed by atoms with E-state index >= 15 is 0 Å². The molecule has 0 radical (unpaired) electrons. The molecule has 0 aliphatic rings. The first kappa shape index (κ1) is 13.1. The van der Waals surface area contributed by atoms with Gasteiger partial charge in [-0.05, 0) is 30.2 Å². The van der Waals surface area contributed by atoms with Crippen molar-refractivity contribution < 1.29 is 5.11 Å². The molecule has 0 spiro atoms. The first-order valence-corrected chi connectivity index (χ1v) is 6.06. The fraction of sp³-hybridized carbons (Fsp3) is 0.615. The van der Waals surface area contributed by atoms with E-state index in [4.69, 9.17) is 0 Å². The number of aliphatic hydroxyl groups is 1. The zero-order valence-electron chi connectivity index (χ0n) is 10.2. The van der Waals surface area contributed by atoms with Crippen LogP contribution in [0, 0.1) is 5.92 Å². The highest BCUT2D eigenvalue weighted by atomic mass is 16.3. The molecule has 2 N–H and O–H groups in total. The van der Waals surface area contributed by atoms with E-state index in [0.29, 0.717) is 12.5 Å². The number of hydrogen-bond donors (Lipinski definition) is 2. The molecule has 0 aliphatic carbocycles. The summed E-state index contributed by atoms with van der Waals surface area (Å²) < 4.78 is 0. The lowest BCUT2D eigenvalue weighted by atomic mass is 10.0. The van der Waals surface area contributed by atoms with Crippen LogP contribution in [0.1, 0.15) is 38.4 Å². The molecule has 1 unspecified atom stereocenters. The Morgan fingerprint density at radius 2 is 1.81 bits per heavy atom. The summed E-state index contributed by atoms with van der Waals surface area (Å²) >= 11 is 0. The summed E-state index contributed by atoms with van der Waals surface area (Å²) in [5.41, 5.74) is 0.923. The van der Waals surface area contributed by atoms with Crippen LogP contribution in [-0.2, 0) is 0 Å². The van der Waals surface area contributed by atoms with Crippen molar-refractivity contribution in [2.45, 2.75) is 32.8 Å². The number of aliphatic hydroxyl groups excluding tert-OH is 1. The lowest BCUT2D eigenvalue weighted by molar-refractivity contribution is 0.172. The first-order valence-electron chi connectivity index (χ1n) is 6.06. The van der Waals surface area contributed by atoms with Crippen molar-refractivity contribution in [2.75, 3.05) is 13.1 Å². The van der Waals surface area contributed by atoms with Crippen LogP contribution in [0.3, 0.4) is 0 Å². The maximum Gasteiger partial charge on any atom is 0.0915 e. The molecule has 16 heavy (non-hydrogen) atoms. The minimum Gasteiger partial charge on any atom is -0.387 e. The van der Waals surface area contributed by atoms with Gasteiger partial charge in [-0.2, -0.15) is 0 Å². The molecule has 1 aromatic heterocycles. The third-order valence-corrected chi connectivity index (χ3v) is 3.02. The summed E-state index contributed by atoms with van der Waals surface area (Å²) in [5.74, 6) is 0.713. The van der Waals surface area contributed by atoms with Gasteiger partial charge >= 0.3 is 0 Å². The Bertz CT molecular complexity index is 273. The monoisotopic (exact) mass is 222 g/mol. The molecule has 0 saturated carbocycles. The van der Waals surface area contributed by atoms with Gasteiger partial charge in [0.25, 0.3) is 0 Å². The molecule has 1 rings (SSSR count). The largest absolute Gasteiger partial charge is 0.387 e. The van der Waals surface area contributed by atoms with E-state index in [1.165, 1.54) is 12.8 Å². The summed E-state index contributed by atoms with van der Waals surface area (Å²) in [6.07, 6.45) is 5.36. The van der Waals surface area contributed by atoms with Crippen molar-refractivity contribution in [3.8, 4) is 0 Å². The van der Waals surface area contributed by atoms with E-state index in [1.807, 2.05) is 12.1 Å². The van der Waals surface area contributed by atoms with E-state index in [2.05, 4.69) is 24.1 Å². The van der Waals surface area contributed by atoms with E-state index in [1.54, 1.807) is 12.4 Å². The molecule has 0 aromatic carbocycles. The second kappa shape index (κ2) is 7.36. The highest BCUT2D eigenvalue weighted by molar-refractivity contribution is 5.13. The van der Waals surface area contributed by atoms with Gasteiger partial charge in [0, 0.05) is 18.9 Å². The zero-order chi connectivity index (χ0) is 11.8. The van der Waals surface area contributed by atoms with Crippen LogP contribution < -0.4 is 5.32 Å². The summed E-state index contributed by atoms with van der Waals surface area (Å²) in [7, 11) is 0. The summed E-state index contributed by atoms with van der Waals surface area (Å²) in [4.78, 5) is 3.93. The van der Waals surface area contributed by atoms with E-state index in [0.717, 1.165) is 12.1 Å². The van der Waals surface area contributed by atoms with E-state index in [-0.39, 0.29) is 0 Å². The lowest BCUT2D eigenvalue weighted by Crippen LogP contribution is -2.27. The lowest BCUT2D eigenvalue weighted by Gasteiger charge is -2.16. The van der Waals surface area contributed by atoms with Crippen LogP contribution in [0.2, 0.25) is 0 Å². The van der Waals surface area contributed by atoms with Gasteiger partial charge in [0.15, 0.2) is 0 Å². The molecular weight excluding hydrogens is 200 g/mol. The minimum atomic E-state index is -0.433. The quantitative estimate of drug-likeness (QED) is 0.743. The van der Waals surface area contributed by atoms with Crippen LogP contribution in [0.4, 0.5) is 0 Å². The number of hydrogen-bond acceptors (Lipinski definition) is 3. The molecular formula is C13H22N2O. The van der Waals surface area contributed by atoms with E-state index in [9.17, 15) is 5.11 Å². The normalized spacial score (nSPS) is 13.0. The summed E-state index contributed by atoms with van der Waals surface area (Å²) in [6.45, 7) is 6.00. The van der Waals surface area contributed by atoms with Gasteiger partial charge in [0.05, 0.1) is 6.10 Å². The van der Waals surface area contributed by atoms with Crippen molar-refractivity contribution in [3.63, 3.8) is 0 Å². The van der Waals surface area contributed by atoms with Gasteiger partial charge in [-0.3, -0.25) is 4.98 Å². The number of rotatable bonds is 7. The zero-order valence-corrected chi connectivity index (χ0v) is 10.2. The van der Waals surface area contributed by atoms with Crippen LogP contribution in [0.15, 0.2) is 24.5 Å². The fourth-order valence-corrected chi connectivity index (χ4v) is 1.70. The van der Waals surface area contributed by atoms with Crippen molar-refractivity contribution in [2.24, 2.45) is 5.92 Å². The molecule has 3 heteroatoms. The first-order chi connectivity index (χ1) is 7.77. The van der Waals surface area contributed by atoms with Gasteiger partial charge in [-0.1, -0.05) is 26.7 Å². The van der Waals surface area contributed by atoms with Crippen LogP contribution in [0.25, 0.3) is 0 Å². The van der Waals surface area contributed by atoms with Gasteiger partial charge in [-0.15, -0.1) is 0 Å². The van der Waals surface area contributed by atoms with Gasteiger partial charge in [-0.25, -0.2) is 0 Å². The Hall–Kier alpha value is -0.930. The highest BCUT2D eigenvalue weighted by Gasteiger charge is 2.08. The molecule has 1 atom stereocenters.